The molecule has 0 aliphatic heterocycles. The minimum Gasteiger partial charge on any atom is -0.452 e. The number of esters is 1. The topological polar surface area (TPSA) is 84.5 Å². The summed E-state index contributed by atoms with van der Waals surface area (Å²) in [4.78, 5) is 36.9. The van der Waals surface area contributed by atoms with Gasteiger partial charge in [-0.25, -0.2) is 4.79 Å². The summed E-state index contributed by atoms with van der Waals surface area (Å²) in [6.45, 7) is 5.76. The molecular formula is C22H26N2O4S. The van der Waals surface area contributed by atoms with E-state index in [0.717, 1.165) is 11.1 Å². The van der Waals surface area contributed by atoms with Crippen LogP contribution in [0.2, 0.25) is 0 Å². The van der Waals surface area contributed by atoms with Crippen LogP contribution in [0.15, 0.2) is 53.4 Å². The molecule has 0 bridgehead atoms. The zero-order chi connectivity index (χ0) is 21.2. The van der Waals surface area contributed by atoms with Crippen molar-refractivity contribution in [2.45, 2.75) is 38.3 Å². The first-order chi connectivity index (χ1) is 13.9. The van der Waals surface area contributed by atoms with E-state index in [9.17, 15) is 14.4 Å². The van der Waals surface area contributed by atoms with Crippen LogP contribution in [0.1, 0.15) is 35.3 Å². The molecule has 29 heavy (non-hydrogen) atoms. The Bertz CT molecular complexity index is 867. The third kappa shape index (κ3) is 7.62. The number of carbonyl (C=O) groups is 3. The summed E-state index contributed by atoms with van der Waals surface area (Å²) >= 11 is 1.26. The molecule has 0 atom stereocenters. The lowest BCUT2D eigenvalue weighted by Crippen LogP contribution is -2.31. The van der Waals surface area contributed by atoms with Gasteiger partial charge in [-0.1, -0.05) is 36.4 Å². The Kier molecular flexibility index (Phi) is 8.73. The zero-order valence-corrected chi connectivity index (χ0v) is 17.7. The molecule has 0 aromatic heterocycles. The molecule has 2 amide bonds. The molecule has 154 valence electrons. The van der Waals surface area contributed by atoms with Crippen molar-refractivity contribution < 1.29 is 19.1 Å². The number of nitrogens with one attached hydrogen (secondary N) is 2. The number of hydrogen-bond acceptors (Lipinski definition) is 5. The van der Waals surface area contributed by atoms with E-state index in [4.69, 9.17) is 4.74 Å². The van der Waals surface area contributed by atoms with Crippen molar-refractivity contribution in [2.24, 2.45) is 0 Å². The first-order valence-electron chi connectivity index (χ1n) is 9.36. The lowest BCUT2D eigenvalue weighted by Gasteiger charge is -2.11. The standard InChI is InChI=1S/C22H26N2O4S/c1-15(2)24-21(26)14-29-19-11-7-6-10-18(19)22(27)28-13-20(25)23-12-17-9-5-4-8-16(17)3/h4-11,15H,12-14H2,1-3H3,(H,23,25)(H,24,26). The van der Waals surface area contributed by atoms with Crippen LogP contribution in [0.3, 0.4) is 0 Å². The van der Waals surface area contributed by atoms with Crippen LogP contribution in [0.4, 0.5) is 0 Å². The highest BCUT2D eigenvalue weighted by Gasteiger charge is 2.16. The van der Waals surface area contributed by atoms with E-state index in [1.165, 1.54) is 11.8 Å². The van der Waals surface area contributed by atoms with Gasteiger partial charge in [0.15, 0.2) is 6.61 Å². The normalized spacial score (nSPS) is 10.5. The van der Waals surface area contributed by atoms with Gasteiger partial charge >= 0.3 is 5.97 Å². The molecule has 7 heteroatoms. The van der Waals surface area contributed by atoms with Crippen molar-refractivity contribution in [1.29, 1.82) is 0 Å². The smallest absolute Gasteiger partial charge is 0.339 e. The Morgan fingerprint density at radius 1 is 1.00 bits per heavy atom. The highest BCUT2D eigenvalue weighted by Crippen LogP contribution is 2.23. The summed E-state index contributed by atoms with van der Waals surface area (Å²) in [5.41, 5.74) is 2.42. The number of amides is 2. The van der Waals surface area contributed by atoms with E-state index in [1.807, 2.05) is 45.0 Å². The molecule has 0 spiro atoms. The number of rotatable bonds is 9. The summed E-state index contributed by atoms with van der Waals surface area (Å²) in [6.07, 6.45) is 0. The molecule has 0 aliphatic carbocycles. The van der Waals surface area contributed by atoms with Crippen LogP contribution in [0.25, 0.3) is 0 Å². The van der Waals surface area contributed by atoms with Crippen molar-refractivity contribution in [3.63, 3.8) is 0 Å². The molecule has 2 aromatic rings. The average Bonchev–Trinajstić information content (AvgIpc) is 2.69. The predicted molar refractivity (Wildman–Crippen MR) is 114 cm³/mol. The fourth-order valence-electron chi connectivity index (χ4n) is 2.53. The maximum atomic E-state index is 12.4. The van der Waals surface area contributed by atoms with Gasteiger partial charge in [0, 0.05) is 17.5 Å². The Labute approximate surface area is 175 Å². The fraction of sp³-hybridized carbons (Fsp3) is 0.318. The second-order valence-electron chi connectivity index (χ2n) is 6.79. The number of thioether (sulfide) groups is 1. The lowest BCUT2D eigenvalue weighted by atomic mass is 10.1. The molecular weight excluding hydrogens is 388 g/mol. The minimum atomic E-state index is -0.594. The predicted octanol–water partition coefficient (Wildman–Crippen LogP) is 3.08. The molecule has 0 unspecified atom stereocenters. The number of hydrogen-bond donors (Lipinski definition) is 2. The molecule has 0 saturated carbocycles. The first-order valence-corrected chi connectivity index (χ1v) is 10.3. The second-order valence-corrected chi connectivity index (χ2v) is 7.80. The quantitative estimate of drug-likeness (QED) is 0.487. The van der Waals surface area contributed by atoms with Crippen molar-refractivity contribution in [2.75, 3.05) is 12.4 Å². The highest BCUT2D eigenvalue weighted by molar-refractivity contribution is 8.00. The summed E-state index contributed by atoms with van der Waals surface area (Å²) in [7, 11) is 0. The van der Waals surface area contributed by atoms with E-state index in [0.29, 0.717) is 17.0 Å². The summed E-state index contributed by atoms with van der Waals surface area (Å²) in [5.74, 6) is -0.880. The lowest BCUT2D eigenvalue weighted by molar-refractivity contribution is -0.124. The summed E-state index contributed by atoms with van der Waals surface area (Å²) in [5, 5.41) is 5.55. The second kappa shape index (κ2) is 11.3. The van der Waals surface area contributed by atoms with Crippen LogP contribution >= 0.6 is 11.8 Å². The fourth-order valence-corrected chi connectivity index (χ4v) is 3.38. The largest absolute Gasteiger partial charge is 0.452 e. The van der Waals surface area contributed by atoms with Crippen molar-refractivity contribution in [1.82, 2.24) is 10.6 Å². The van der Waals surface area contributed by atoms with Crippen LogP contribution < -0.4 is 10.6 Å². The molecule has 6 nitrogen and oxygen atoms in total. The summed E-state index contributed by atoms with van der Waals surface area (Å²) < 4.78 is 5.16. The van der Waals surface area contributed by atoms with Gasteiger partial charge in [0.05, 0.1) is 11.3 Å². The summed E-state index contributed by atoms with van der Waals surface area (Å²) in [6, 6.07) is 14.7. The Morgan fingerprint density at radius 2 is 1.69 bits per heavy atom. The maximum absolute atomic E-state index is 12.4. The average molecular weight is 415 g/mol. The molecule has 2 rings (SSSR count). The van der Waals surface area contributed by atoms with Gasteiger partial charge in [0.25, 0.3) is 5.91 Å². The number of aryl methyl sites for hydroxylation is 1. The van der Waals surface area contributed by atoms with Gasteiger partial charge in [0.2, 0.25) is 5.91 Å². The van der Waals surface area contributed by atoms with Gasteiger partial charge in [0.1, 0.15) is 0 Å². The van der Waals surface area contributed by atoms with E-state index in [1.54, 1.807) is 24.3 Å². The molecule has 0 aliphatic rings. The van der Waals surface area contributed by atoms with Crippen molar-refractivity contribution in [3.05, 3.63) is 65.2 Å². The number of ether oxygens (including phenoxy) is 1. The van der Waals surface area contributed by atoms with Crippen molar-refractivity contribution in [3.8, 4) is 0 Å². The van der Waals surface area contributed by atoms with Gasteiger partial charge in [-0.2, -0.15) is 0 Å². The molecule has 0 saturated heterocycles. The van der Waals surface area contributed by atoms with Crippen LogP contribution in [0.5, 0.6) is 0 Å². The number of benzene rings is 2. The SMILES string of the molecule is Cc1ccccc1CNC(=O)COC(=O)c1ccccc1SCC(=O)NC(C)C. The van der Waals surface area contributed by atoms with Gasteiger partial charge in [-0.3, -0.25) is 9.59 Å². The van der Waals surface area contributed by atoms with Gasteiger partial charge in [-0.05, 0) is 44.0 Å². The van der Waals surface area contributed by atoms with E-state index < -0.39 is 5.97 Å². The van der Waals surface area contributed by atoms with Crippen LogP contribution in [0, 0.1) is 6.92 Å². The molecule has 2 N–H and O–H groups in total. The molecule has 2 aromatic carbocycles. The van der Waals surface area contributed by atoms with E-state index >= 15 is 0 Å². The molecule has 0 heterocycles. The maximum Gasteiger partial charge on any atom is 0.339 e. The monoisotopic (exact) mass is 414 g/mol. The van der Waals surface area contributed by atoms with Crippen molar-refractivity contribution >= 4 is 29.5 Å². The first kappa shape index (κ1) is 22.5. The molecule has 0 fully saturated rings. The zero-order valence-electron chi connectivity index (χ0n) is 16.9. The van der Waals surface area contributed by atoms with Gasteiger partial charge in [-0.15, -0.1) is 11.8 Å². The third-order valence-corrected chi connectivity index (χ3v) is 5.06. The van der Waals surface area contributed by atoms with Gasteiger partial charge < -0.3 is 15.4 Å². The Hall–Kier alpha value is -2.80. The third-order valence-electron chi connectivity index (χ3n) is 3.99. The van der Waals surface area contributed by atoms with Crippen LogP contribution in [-0.4, -0.2) is 36.2 Å². The molecule has 0 radical (unpaired) electrons. The minimum absolute atomic E-state index is 0.0569. The Balaban J connectivity index is 1.86. The Morgan fingerprint density at radius 3 is 2.41 bits per heavy atom. The van der Waals surface area contributed by atoms with Crippen LogP contribution in [-0.2, 0) is 20.9 Å². The van der Waals surface area contributed by atoms with E-state index in [2.05, 4.69) is 10.6 Å². The highest BCUT2D eigenvalue weighted by atomic mass is 32.2. The van der Waals surface area contributed by atoms with E-state index in [-0.39, 0.29) is 30.2 Å². The number of carbonyl (C=O) groups excluding carboxylic acids is 3.